The SMILES string of the molecule is CC[C@H](O)[C@@H](C)[C@H]1O[C@@H]1C[C@H](C)C=CC=C(C)[C@H]1OC(=O)C[C@H](O)CC[C@@](C)(O)[C@@H](OC(=O)N2CCC([N+]3(C)CCCCC3)CC2)C=C[C@@H]1C. The highest BCUT2D eigenvalue weighted by atomic mass is 16.6. The molecule has 0 radical (unpaired) electrons. The summed E-state index contributed by atoms with van der Waals surface area (Å²) in [7, 11) is 2.36. The highest BCUT2D eigenvalue weighted by molar-refractivity contribution is 5.70. The van der Waals surface area contributed by atoms with Gasteiger partial charge in [0.05, 0.1) is 57.0 Å². The minimum Gasteiger partial charge on any atom is -0.457 e. The van der Waals surface area contributed by atoms with Gasteiger partial charge in [-0.2, -0.15) is 0 Å². The van der Waals surface area contributed by atoms with Crippen LogP contribution in [0.15, 0.2) is 36.0 Å². The zero-order valence-electron chi connectivity index (χ0n) is 31.8. The largest absolute Gasteiger partial charge is 0.457 e. The molecule has 4 heterocycles. The number of ether oxygens (including phenoxy) is 3. The Morgan fingerprint density at radius 1 is 1.16 bits per heavy atom. The normalized spacial score (nSPS) is 35.0. The van der Waals surface area contributed by atoms with Crippen LogP contribution in [0.25, 0.3) is 0 Å². The number of likely N-dealkylation sites (tertiary alicyclic amines) is 2. The van der Waals surface area contributed by atoms with E-state index in [1.54, 1.807) is 17.9 Å². The Balaban J connectivity index is 1.41. The number of epoxide rings is 1. The monoisotopic (exact) mass is 703 g/mol. The fourth-order valence-electron chi connectivity index (χ4n) is 8.24. The molecule has 0 aliphatic carbocycles. The predicted octanol–water partition coefficient (Wildman–Crippen LogP) is 5.69. The number of hydrogen-bond acceptors (Lipinski definition) is 8. The van der Waals surface area contributed by atoms with Gasteiger partial charge in [-0.25, -0.2) is 4.79 Å². The van der Waals surface area contributed by atoms with Crippen molar-refractivity contribution in [2.24, 2.45) is 17.8 Å². The number of rotatable bonds is 10. The number of cyclic esters (lactones) is 1. The van der Waals surface area contributed by atoms with E-state index in [0.29, 0.717) is 19.1 Å². The molecule has 4 aliphatic heterocycles. The number of esters is 1. The summed E-state index contributed by atoms with van der Waals surface area (Å²) in [5, 5.41) is 32.4. The molecule has 4 rings (SSSR count). The van der Waals surface area contributed by atoms with Crippen LogP contribution in [0, 0.1) is 17.8 Å². The number of quaternary nitrogens is 1. The average Bonchev–Trinajstić information content (AvgIpc) is 3.85. The Kier molecular flexibility index (Phi) is 14.6. The Labute approximate surface area is 301 Å². The van der Waals surface area contributed by atoms with Gasteiger partial charge in [0.25, 0.3) is 0 Å². The number of piperidine rings is 2. The van der Waals surface area contributed by atoms with Crippen LogP contribution in [0.2, 0.25) is 0 Å². The summed E-state index contributed by atoms with van der Waals surface area (Å²) < 4.78 is 18.9. The third-order valence-corrected chi connectivity index (χ3v) is 12.0. The third-order valence-electron chi connectivity index (χ3n) is 12.0. The standard InChI is InChI=1S/C40H67N2O8/c1-8-33(44)30(5)38-34(48-38)25-27(2)13-12-14-28(3)37-29(4)15-16-35(40(6,47)20-17-32(43)26-36(45)50-37)49-39(46)41-21-18-31(19-22-41)42(7)23-10-9-11-24-42/h12-16,27,29-35,37-38,43-44,47H,8-11,17-26H2,1-7H3/q+1/t27-,29+,30-,32-,33+,34-,35+,37-,38-,40-/m1/s1. The van der Waals surface area contributed by atoms with E-state index in [1.165, 1.54) is 32.4 Å². The number of hydrogen-bond donors (Lipinski definition) is 3. The molecule has 1 amide bonds. The van der Waals surface area contributed by atoms with Crippen LogP contribution in [0.1, 0.15) is 106 Å². The molecule has 284 valence electrons. The molecule has 0 unspecified atom stereocenters. The minimum absolute atomic E-state index is 0.0990. The molecule has 10 atom stereocenters. The Hall–Kier alpha value is -2.24. The van der Waals surface area contributed by atoms with E-state index in [0.717, 1.165) is 35.7 Å². The summed E-state index contributed by atoms with van der Waals surface area (Å²) in [4.78, 5) is 28.2. The summed E-state index contributed by atoms with van der Waals surface area (Å²) in [5.41, 5.74) is -0.615. The maximum Gasteiger partial charge on any atom is 0.410 e. The molecule has 0 saturated carbocycles. The number of amides is 1. The molecule has 0 bridgehead atoms. The van der Waals surface area contributed by atoms with Crippen LogP contribution in [-0.4, -0.2) is 118 Å². The lowest BCUT2D eigenvalue weighted by molar-refractivity contribution is -0.938. The van der Waals surface area contributed by atoms with Gasteiger partial charge < -0.3 is 38.9 Å². The average molecular weight is 704 g/mol. The van der Waals surface area contributed by atoms with Crippen molar-refractivity contribution in [2.75, 3.05) is 33.2 Å². The van der Waals surface area contributed by atoms with E-state index >= 15 is 0 Å². The van der Waals surface area contributed by atoms with E-state index in [2.05, 4.69) is 20.0 Å². The second-order valence-electron chi connectivity index (χ2n) is 16.4. The van der Waals surface area contributed by atoms with Crippen molar-refractivity contribution in [1.29, 1.82) is 0 Å². The van der Waals surface area contributed by atoms with Crippen molar-refractivity contribution >= 4 is 12.1 Å². The highest BCUT2D eigenvalue weighted by Gasteiger charge is 2.45. The minimum atomic E-state index is -1.45. The zero-order chi connectivity index (χ0) is 36.6. The lowest BCUT2D eigenvalue weighted by Crippen LogP contribution is -2.59. The maximum atomic E-state index is 13.5. The lowest BCUT2D eigenvalue weighted by Gasteiger charge is -2.47. The highest BCUT2D eigenvalue weighted by Crippen LogP contribution is 2.36. The Bertz CT molecular complexity index is 1200. The van der Waals surface area contributed by atoms with Gasteiger partial charge in [-0.05, 0) is 76.4 Å². The van der Waals surface area contributed by atoms with Gasteiger partial charge >= 0.3 is 12.1 Å². The molecule has 3 saturated heterocycles. The van der Waals surface area contributed by atoms with Crippen molar-refractivity contribution in [1.82, 2.24) is 4.90 Å². The third kappa shape index (κ3) is 11.1. The van der Waals surface area contributed by atoms with E-state index in [9.17, 15) is 24.9 Å². The van der Waals surface area contributed by atoms with Gasteiger partial charge in [0, 0.05) is 37.8 Å². The van der Waals surface area contributed by atoms with Crippen LogP contribution in [0.5, 0.6) is 0 Å². The van der Waals surface area contributed by atoms with Crippen molar-refractivity contribution in [3.05, 3.63) is 36.0 Å². The Morgan fingerprint density at radius 3 is 2.50 bits per heavy atom. The van der Waals surface area contributed by atoms with Crippen LogP contribution in [0.4, 0.5) is 4.79 Å². The molecule has 0 spiro atoms. The van der Waals surface area contributed by atoms with E-state index in [4.69, 9.17) is 14.2 Å². The lowest BCUT2D eigenvalue weighted by atomic mass is 9.88. The number of carbonyl (C=O) groups excluding carboxylic acids is 2. The first-order valence-electron chi connectivity index (χ1n) is 19.4. The summed E-state index contributed by atoms with van der Waals surface area (Å²) >= 11 is 0. The van der Waals surface area contributed by atoms with Gasteiger partial charge in [-0.15, -0.1) is 0 Å². The fraction of sp³-hybridized carbons (Fsp3) is 0.800. The van der Waals surface area contributed by atoms with Crippen LogP contribution in [-0.2, 0) is 19.0 Å². The summed E-state index contributed by atoms with van der Waals surface area (Å²) in [6.45, 7) is 15.3. The number of nitrogens with zero attached hydrogens (tertiary/aromatic N) is 2. The van der Waals surface area contributed by atoms with Crippen molar-refractivity contribution in [3.8, 4) is 0 Å². The Morgan fingerprint density at radius 2 is 1.84 bits per heavy atom. The molecule has 50 heavy (non-hydrogen) atoms. The van der Waals surface area contributed by atoms with Gasteiger partial charge in [-0.1, -0.05) is 52.0 Å². The second-order valence-corrected chi connectivity index (χ2v) is 16.4. The van der Waals surface area contributed by atoms with Crippen molar-refractivity contribution in [2.45, 2.75) is 154 Å². The van der Waals surface area contributed by atoms with Crippen LogP contribution < -0.4 is 0 Å². The molecular formula is C40H67N2O8+. The number of carbonyl (C=O) groups is 2. The summed E-state index contributed by atoms with van der Waals surface area (Å²) in [5.74, 6) is -0.429. The van der Waals surface area contributed by atoms with Crippen molar-refractivity contribution < 1.29 is 43.6 Å². The smallest absolute Gasteiger partial charge is 0.410 e. The molecule has 0 aromatic heterocycles. The maximum absolute atomic E-state index is 13.5. The first-order valence-corrected chi connectivity index (χ1v) is 19.4. The molecule has 4 aliphatic rings. The fourth-order valence-corrected chi connectivity index (χ4v) is 8.24. The molecule has 10 nitrogen and oxygen atoms in total. The number of allylic oxidation sites excluding steroid dienone is 3. The van der Waals surface area contributed by atoms with Gasteiger partial charge in [-0.3, -0.25) is 4.79 Å². The van der Waals surface area contributed by atoms with Gasteiger partial charge in [0.1, 0.15) is 11.7 Å². The molecular weight excluding hydrogens is 636 g/mol. The zero-order valence-corrected chi connectivity index (χ0v) is 31.8. The van der Waals surface area contributed by atoms with E-state index < -0.39 is 36.0 Å². The summed E-state index contributed by atoms with van der Waals surface area (Å²) in [6, 6.07) is 0.550. The number of aliphatic hydroxyl groups excluding tert-OH is 2. The first-order chi connectivity index (χ1) is 23.6. The molecule has 0 aromatic carbocycles. The molecule has 10 heteroatoms. The van der Waals surface area contributed by atoms with Crippen LogP contribution in [0.3, 0.4) is 0 Å². The van der Waals surface area contributed by atoms with Gasteiger partial charge in [0.2, 0.25) is 0 Å². The van der Waals surface area contributed by atoms with Crippen molar-refractivity contribution in [3.63, 3.8) is 0 Å². The quantitative estimate of drug-likeness (QED) is 0.0871. The van der Waals surface area contributed by atoms with E-state index in [-0.39, 0.29) is 55.3 Å². The van der Waals surface area contributed by atoms with Gasteiger partial charge in [0.15, 0.2) is 6.10 Å². The molecule has 3 fully saturated rings. The van der Waals surface area contributed by atoms with E-state index in [1.807, 2.05) is 45.9 Å². The molecule has 0 aromatic rings. The first kappa shape index (κ1) is 40.5. The summed E-state index contributed by atoms with van der Waals surface area (Å²) in [6.07, 6.45) is 13.9. The predicted molar refractivity (Wildman–Crippen MR) is 194 cm³/mol. The topological polar surface area (TPSA) is 129 Å². The number of aliphatic hydroxyl groups is 3. The van der Waals surface area contributed by atoms with Crippen LogP contribution >= 0.6 is 0 Å². The molecule has 3 N–H and O–H groups in total. The second kappa shape index (κ2) is 18.0.